The van der Waals surface area contributed by atoms with E-state index in [-0.39, 0.29) is 16.9 Å². The van der Waals surface area contributed by atoms with Crippen LogP contribution in [0, 0.1) is 0 Å². The number of carbonyl (C=O) groups is 1. The molecule has 20 heavy (non-hydrogen) atoms. The van der Waals surface area contributed by atoms with Crippen LogP contribution >= 0.6 is 0 Å². The summed E-state index contributed by atoms with van der Waals surface area (Å²) in [5.74, 6) is -0.236. The fraction of sp³-hybridized carbons (Fsp3) is 0.250. The van der Waals surface area contributed by atoms with Gasteiger partial charge in [0.25, 0.3) is 5.91 Å². The van der Waals surface area contributed by atoms with Gasteiger partial charge in [0.1, 0.15) is 0 Å². The maximum atomic E-state index is 12.0. The van der Waals surface area contributed by atoms with Gasteiger partial charge in [-0.2, -0.15) is 0 Å². The van der Waals surface area contributed by atoms with Crippen LogP contribution in [0.4, 0.5) is 0 Å². The van der Waals surface area contributed by atoms with Crippen molar-refractivity contribution < 1.29 is 4.79 Å². The van der Waals surface area contributed by atoms with E-state index in [9.17, 15) is 9.59 Å². The molecule has 2 rings (SSSR count). The van der Waals surface area contributed by atoms with Crippen LogP contribution in [0.5, 0.6) is 0 Å². The van der Waals surface area contributed by atoms with Crippen LogP contribution in [0.1, 0.15) is 29.8 Å². The average molecular weight is 270 g/mol. The van der Waals surface area contributed by atoms with Crippen molar-refractivity contribution in [2.24, 2.45) is 0 Å². The van der Waals surface area contributed by atoms with Crippen molar-refractivity contribution in [1.29, 1.82) is 0 Å². The number of aromatic amines is 1. The molecule has 1 aromatic heterocycles. The fourth-order valence-corrected chi connectivity index (χ4v) is 1.98. The molecule has 4 nitrogen and oxygen atoms in total. The summed E-state index contributed by atoms with van der Waals surface area (Å²) in [5.41, 5.74) is 1.08. The van der Waals surface area contributed by atoms with E-state index in [1.54, 1.807) is 6.07 Å². The van der Waals surface area contributed by atoms with Crippen molar-refractivity contribution >= 4 is 5.91 Å². The lowest BCUT2D eigenvalue weighted by atomic mass is 9.84. The molecule has 0 atom stereocenters. The quantitative estimate of drug-likeness (QED) is 0.893. The number of hydrogen-bond donors (Lipinski definition) is 2. The van der Waals surface area contributed by atoms with Crippen molar-refractivity contribution in [3.05, 3.63) is 70.1 Å². The molecule has 104 valence electrons. The second-order valence-electron chi connectivity index (χ2n) is 5.37. The maximum Gasteiger partial charge on any atom is 0.251 e. The predicted octanol–water partition coefficient (Wildman–Crippen LogP) is 2.08. The van der Waals surface area contributed by atoms with Crippen LogP contribution in [0.25, 0.3) is 0 Å². The van der Waals surface area contributed by atoms with E-state index < -0.39 is 0 Å². The van der Waals surface area contributed by atoms with Crippen molar-refractivity contribution in [3.8, 4) is 0 Å². The molecule has 2 aromatic rings. The summed E-state index contributed by atoms with van der Waals surface area (Å²) in [7, 11) is 0. The van der Waals surface area contributed by atoms with Gasteiger partial charge in [-0.05, 0) is 11.6 Å². The normalized spacial score (nSPS) is 11.1. The van der Waals surface area contributed by atoms with Crippen LogP contribution in [0.15, 0.2) is 53.5 Å². The number of carbonyl (C=O) groups excluding carboxylic acids is 1. The number of hydrogen-bond acceptors (Lipinski definition) is 2. The molecule has 0 aliphatic heterocycles. The zero-order valence-electron chi connectivity index (χ0n) is 11.6. The van der Waals surface area contributed by atoms with Crippen molar-refractivity contribution in [2.45, 2.75) is 19.3 Å². The highest BCUT2D eigenvalue weighted by atomic mass is 16.2. The van der Waals surface area contributed by atoms with Gasteiger partial charge in [0, 0.05) is 29.8 Å². The Morgan fingerprint density at radius 1 is 1.20 bits per heavy atom. The Kier molecular flexibility index (Phi) is 4.03. The molecular weight excluding hydrogens is 252 g/mol. The first-order valence-corrected chi connectivity index (χ1v) is 6.51. The number of H-pyrrole nitrogens is 1. The number of nitrogens with one attached hydrogen (secondary N) is 2. The summed E-state index contributed by atoms with van der Waals surface area (Å²) in [6.07, 6.45) is 1.47. The van der Waals surface area contributed by atoms with Gasteiger partial charge in [-0.25, -0.2) is 0 Å². The highest BCUT2D eigenvalue weighted by Crippen LogP contribution is 2.21. The minimum atomic E-state index is -0.278. The Morgan fingerprint density at radius 3 is 2.55 bits per heavy atom. The SMILES string of the molecule is CC(C)(CNC(=O)c1cc[nH]c(=O)c1)c1ccccc1. The summed E-state index contributed by atoms with van der Waals surface area (Å²) in [4.78, 5) is 25.7. The topological polar surface area (TPSA) is 62.0 Å². The minimum Gasteiger partial charge on any atom is -0.351 e. The second kappa shape index (κ2) is 5.74. The first kappa shape index (κ1) is 14.1. The monoisotopic (exact) mass is 270 g/mol. The summed E-state index contributed by atoms with van der Waals surface area (Å²) in [5, 5.41) is 2.87. The first-order chi connectivity index (χ1) is 9.49. The van der Waals surface area contributed by atoms with Crippen molar-refractivity contribution in [2.75, 3.05) is 6.54 Å². The third-order valence-corrected chi connectivity index (χ3v) is 3.28. The molecule has 0 aliphatic rings. The molecule has 1 heterocycles. The Hall–Kier alpha value is -2.36. The summed E-state index contributed by atoms with van der Waals surface area (Å²) in [6.45, 7) is 4.64. The first-order valence-electron chi connectivity index (χ1n) is 6.51. The van der Waals surface area contributed by atoms with E-state index in [2.05, 4.69) is 24.1 Å². The molecule has 0 saturated heterocycles. The van der Waals surface area contributed by atoms with E-state index in [1.807, 2.05) is 30.3 Å². The van der Waals surface area contributed by atoms with Crippen molar-refractivity contribution in [1.82, 2.24) is 10.3 Å². The number of amides is 1. The van der Waals surface area contributed by atoms with Crippen LogP contribution in [0.3, 0.4) is 0 Å². The summed E-state index contributed by atoms with van der Waals surface area (Å²) >= 11 is 0. The molecule has 0 fully saturated rings. The van der Waals surface area contributed by atoms with Crippen LogP contribution < -0.4 is 10.9 Å². The third kappa shape index (κ3) is 3.35. The molecule has 1 amide bonds. The van der Waals surface area contributed by atoms with Gasteiger partial charge in [0.05, 0.1) is 0 Å². The van der Waals surface area contributed by atoms with Gasteiger partial charge in [0.15, 0.2) is 0 Å². The van der Waals surface area contributed by atoms with Crippen LogP contribution in [0.2, 0.25) is 0 Å². The Labute approximate surface area is 117 Å². The largest absolute Gasteiger partial charge is 0.351 e. The van der Waals surface area contributed by atoms with Gasteiger partial charge >= 0.3 is 0 Å². The molecule has 1 aromatic carbocycles. The van der Waals surface area contributed by atoms with Gasteiger partial charge in [-0.15, -0.1) is 0 Å². The lowest BCUT2D eigenvalue weighted by Crippen LogP contribution is -2.37. The molecule has 0 saturated carbocycles. The number of aromatic nitrogens is 1. The highest BCUT2D eigenvalue weighted by molar-refractivity contribution is 5.94. The smallest absolute Gasteiger partial charge is 0.251 e. The zero-order valence-corrected chi connectivity index (χ0v) is 11.6. The maximum absolute atomic E-state index is 12.0. The van der Waals surface area contributed by atoms with Gasteiger partial charge in [0.2, 0.25) is 5.56 Å². The third-order valence-electron chi connectivity index (χ3n) is 3.28. The minimum absolute atomic E-state index is 0.169. The summed E-state index contributed by atoms with van der Waals surface area (Å²) < 4.78 is 0. The fourth-order valence-electron chi connectivity index (χ4n) is 1.98. The second-order valence-corrected chi connectivity index (χ2v) is 5.37. The Morgan fingerprint density at radius 2 is 1.90 bits per heavy atom. The van der Waals surface area contributed by atoms with Gasteiger partial charge in [-0.3, -0.25) is 9.59 Å². The molecule has 2 N–H and O–H groups in total. The number of benzene rings is 1. The Bertz CT molecular complexity index is 645. The van der Waals surface area contributed by atoms with Gasteiger partial charge in [-0.1, -0.05) is 44.2 Å². The standard InChI is InChI=1S/C16H18N2O2/c1-16(2,13-6-4-3-5-7-13)11-18-15(20)12-8-9-17-14(19)10-12/h3-10H,11H2,1-2H3,(H,17,19)(H,18,20). The molecule has 0 spiro atoms. The van der Waals surface area contributed by atoms with Crippen molar-refractivity contribution in [3.63, 3.8) is 0 Å². The molecule has 0 aliphatic carbocycles. The lowest BCUT2D eigenvalue weighted by Gasteiger charge is -2.25. The molecule has 0 bridgehead atoms. The molecule has 0 radical (unpaired) electrons. The van der Waals surface area contributed by atoms with E-state index in [4.69, 9.17) is 0 Å². The molecule has 4 heteroatoms. The lowest BCUT2D eigenvalue weighted by molar-refractivity contribution is 0.0945. The van der Waals surface area contributed by atoms with E-state index in [0.717, 1.165) is 5.56 Å². The highest BCUT2D eigenvalue weighted by Gasteiger charge is 2.21. The van der Waals surface area contributed by atoms with E-state index in [0.29, 0.717) is 12.1 Å². The number of pyridine rings is 1. The average Bonchev–Trinajstić information content (AvgIpc) is 2.46. The molecule has 0 unspecified atom stereocenters. The zero-order chi connectivity index (χ0) is 14.6. The van der Waals surface area contributed by atoms with Crippen LogP contribution in [-0.4, -0.2) is 17.4 Å². The summed E-state index contributed by atoms with van der Waals surface area (Å²) in [6, 6.07) is 12.9. The van der Waals surface area contributed by atoms with Gasteiger partial charge < -0.3 is 10.3 Å². The Balaban J connectivity index is 2.05. The van der Waals surface area contributed by atoms with E-state index >= 15 is 0 Å². The molecular formula is C16H18N2O2. The predicted molar refractivity (Wildman–Crippen MR) is 78.9 cm³/mol. The van der Waals surface area contributed by atoms with E-state index in [1.165, 1.54) is 12.3 Å². The van der Waals surface area contributed by atoms with Crippen LogP contribution in [-0.2, 0) is 5.41 Å². The number of rotatable bonds is 4.